The maximum Gasteiger partial charge on any atom is 0.226 e. The largest absolute Gasteiger partial charge is 0.396 e. The first-order valence-electron chi connectivity index (χ1n) is 10.6. The van der Waals surface area contributed by atoms with Crippen LogP contribution in [-0.4, -0.2) is 54.0 Å². The standard InChI is InChI=1S/C22H28ClN3O5S/c1-32(30,31)20-7-6-15(8-18(20)23)17(14-4-2-3-5-14)9-22(29)26-21-11-24-19(10-25-21)16(12-27)13-28/h6-8,10-11,14,16-17,27-28H,2-5,9,12-13H2,1H3,(H,25,26,29)/t17-/m1/s1. The number of nitrogens with zero attached hydrogens (tertiary/aromatic N) is 2. The quantitative estimate of drug-likeness (QED) is 0.502. The van der Waals surface area contributed by atoms with E-state index in [4.69, 9.17) is 11.6 Å². The Morgan fingerprint density at radius 2 is 1.88 bits per heavy atom. The second-order valence-electron chi connectivity index (χ2n) is 8.25. The van der Waals surface area contributed by atoms with Crippen LogP contribution >= 0.6 is 11.6 Å². The minimum atomic E-state index is -3.43. The van der Waals surface area contributed by atoms with Crippen molar-refractivity contribution in [3.8, 4) is 0 Å². The van der Waals surface area contributed by atoms with Crippen LogP contribution in [0.5, 0.6) is 0 Å². The highest BCUT2D eigenvalue weighted by atomic mass is 35.5. The third-order valence-electron chi connectivity index (χ3n) is 5.96. The topological polar surface area (TPSA) is 129 Å². The summed E-state index contributed by atoms with van der Waals surface area (Å²) in [5, 5.41) is 21.4. The number of rotatable bonds is 9. The van der Waals surface area contributed by atoms with Crippen LogP contribution in [0.25, 0.3) is 0 Å². The number of amides is 1. The molecule has 1 amide bonds. The van der Waals surface area contributed by atoms with Gasteiger partial charge in [-0.1, -0.05) is 30.5 Å². The number of carbonyl (C=O) groups is 1. The molecule has 0 unspecified atom stereocenters. The summed E-state index contributed by atoms with van der Waals surface area (Å²) in [5.41, 5.74) is 1.29. The highest BCUT2D eigenvalue weighted by Crippen LogP contribution is 2.41. The van der Waals surface area contributed by atoms with Crippen LogP contribution in [0.3, 0.4) is 0 Å². The lowest BCUT2D eigenvalue weighted by atomic mass is 9.82. The lowest BCUT2D eigenvalue weighted by Crippen LogP contribution is -2.21. The number of benzene rings is 1. The van der Waals surface area contributed by atoms with Crippen LogP contribution < -0.4 is 5.32 Å². The summed E-state index contributed by atoms with van der Waals surface area (Å²) in [6.07, 6.45) is 8.34. The van der Waals surface area contributed by atoms with E-state index >= 15 is 0 Å². The van der Waals surface area contributed by atoms with E-state index in [2.05, 4.69) is 15.3 Å². The minimum absolute atomic E-state index is 0.0805. The molecule has 1 aromatic carbocycles. The first kappa shape index (κ1) is 24.6. The fourth-order valence-electron chi connectivity index (χ4n) is 4.22. The molecule has 1 saturated carbocycles. The Bertz CT molecular complexity index is 1040. The second-order valence-corrected chi connectivity index (χ2v) is 10.6. The Hall–Kier alpha value is -2.07. The second kappa shape index (κ2) is 10.7. The van der Waals surface area contributed by atoms with Gasteiger partial charge in [-0.2, -0.15) is 0 Å². The van der Waals surface area contributed by atoms with Crippen molar-refractivity contribution in [1.82, 2.24) is 9.97 Å². The molecule has 174 valence electrons. The number of aliphatic hydroxyl groups excluding tert-OH is 2. The number of nitrogens with one attached hydrogen (secondary N) is 1. The Balaban J connectivity index is 1.76. The monoisotopic (exact) mass is 481 g/mol. The number of anilines is 1. The van der Waals surface area contributed by atoms with Crippen molar-refractivity contribution in [3.63, 3.8) is 0 Å². The molecule has 1 aromatic heterocycles. The summed E-state index contributed by atoms with van der Waals surface area (Å²) in [7, 11) is -3.43. The summed E-state index contributed by atoms with van der Waals surface area (Å²) in [6.45, 7) is -0.499. The molecule has 0 aliphatic heterocycles. The molecule has 32 heavy (non-hydrogen) atoms. The Morgan fingerprint density at radius 1 is 1.19 bits per heavy atom. The van der Waals surface area contributed by atoms with Gasteiger partial charge in [0.1, 0.15) is 0 Å². The predicted octanol–water partition coefficient (Wildman–Crippen LogP) is 2.90. The number of halogens is 1. The van der Waals surface area contributed by atoms with Gasteiger partial charge in [-0.25, -0.2) is 13.4 Å². The fraction of sp³-hybridized carbons (Fsp3) is 0.500. The van der Waals surface area contributed by atoms with E-state index in [0.717, 1.165) is 37.5 Å². The molecule has 0 saturated heterocycles. The summed E-state index contributed by atoms with van der Waals surface area (Å²) < 4.78 is 23.8. The zero-order valence-electron chi connectivity index (χ0n) is 17.9. The fourth-order valence-corrected chi connectivity index (χ4v) is 5.55. The molecule has 1 heterocycles. The van der Waals surface area contributed by atoms with Gasteiger partial charge in [-0.15, -0.1) is 0 Å². The van der Waals surface area contributed by atoms with Crippen molar-refractivity contribution >= 4 is 33.2 Å². The lowest BCUT2D eigenvalue weighted by Gasteiger charge is -2.24. The highest BCUT2D eigenvalue weighted by Gasteiger charge is 2.29. The summed E-state index contributed by atoms with van der Waals surface area (Å²) in [4.78, 5) is 21.2. The normalized spacial score (nSPS) is 15.8. The first-order chi connectivity index (χ1) is 15.2. The smallest absolute Gasteiger partial charge is 0.226 e. The van der Waals surface area contributed by atoms with Crippen molar-refractivity contribution in [2.45, 2.75) is 48.8 Å². The molecule has 3 rings (SSSR count). The third kappa shape index (κ3) is 6.04. The number of aromatic nitrogens is 2. The molecular weight excluding hydrogens is 454 g/mol. The van der Waals surface area contributed by atoms with E-state index in [-0.39, 0.29) is 47.2 Å². The van der Waals surface area contributed by atoms with Gasteiger partial charge in [0.25, 0.3) is 0 Å². The first-order valence-corrected chi connectivity index (χ1v) is 12.8. The van der Waals surface area contributed by atoms with Gasteiger partial charge in [0, 0.05) is 18.6 Å². The van der Waals surface area contributed by atoms with Gasteiger partial charge in [-0.05, 0) is 42.4 Å². The molecule has 1 atom stereocenters. The number of hydrogen-bond donors (Lipinski definition) is 3. The number of carbonyl (C=O) groups excluding carboxylic acids is 1. The van der Waals surface area contributed by atoms with E-state index in [9.17, 15) is 23.4 Å². The van der Waals surface area contributed by atoms with Crippen molar-refractivity contribution in [1.29, 1.82) is 0 Å². The molecule has 1 aliphatic rings. The molecule has 8 nitrogen and oxygen atoms in total. The van der Waals surface area contributed by atoms with Crippen LogP contribution in [0.15, 0.2) is 35.5 Å². The van der Waals surface area contributed by atoms with Crippen LogP contribution in [0.2, 0.25) is 5.02 Å². The number of aliphatic hydroxyl groups is 2. The summed E-state index contributed by atoms with van der Waals surface area (Å²) in [5.74, 6) is -0.246. The summed E-state index contributed by atoms with van der Waals surface area (Å²) in [6, 6.07) is 4.92. The highest BCUT2D eigenvalue weighted by molar-refractivity contribution is 7.90. The van der Waals surface area contributed by atoms with Crippen molar-refractivity contribution in [2.75, 3.05) is 24.8 Å². The average Bonchev–Trinajstić information content (AvgIpc) is 3.27. The van der Waals surface area contributed by atoms with Gasteiger partial charge in [0.05, 0.1) is 41.2 Å². The van der Waals surface area contributed by atoms with Gasteiger partial charge < -0.3 is 15.5 Å². The number of sulfone groups is 1. The van der Waals surface area contributed by atoms with Gasteiger partial charge in [0.2, 0.25) is 5.91 Å². The van der Waals surface area contributed by atoms with E-state index in [1.807, 2.05) is 0 Å². The Labute approximate surface area is 193 Å². The van der Waals surface area contributed by atoms with Gasteiger partial charge in [0.15, 0.2) is 15.7 Å². The summed E-state index contributed by atoms with van der Waals surface area (Å²) >= 11 is 6.26. The molecule has 10 heteroatoms. The van der Waals surface area contributed by atoms with Crippen LogP contribution in [0, 0.1) is 5.92 Å². The van der Waals surface area contributed by atoms with E-state index < -0.39 is 15.8 Å². The molecule has 0 bridgehead atoms. The lowest BCUT2D eigenvalue weighted by molar-refractivity contribution is -0.116. The zero-order chi connectivity index (χ0) is 23.3. The predicted molar refractivity (Wildman–Crippen MR) is 121 cm³/mol. The molecule has 0 spiro atoms. The van der Waals surface area contributed by atoms with Crippen LogP contribution in [0.1, 0.15) is 55.2 Å². The molecule has 0 radical (unpaired) electrons. The van der Waals surface area contributed by atoms with E-state index in [1.165, 1.54) is 18.5 Å². The van der Waals surface area contributed by atoms with Crippen LogP contribution in [0.4, 0.5) is 5.82 Å². The maximum atomic E-state index is 12.8. The minimum Gasteiger partial charge on any atom is -0.396 e. The molecular formula is C22H28ClN3O5S. The molecule has 1 aliphatic carbocycles. The maximum absolute atomic E-state index is 12.8. The molecule has 3 N–H and O–H groups in total. The Kier molecular flexibility index (Phi) is 8.21. The van der Waals surface area contributed by atoms with E-state index in [0.29, 0.717) is 11.6 Å². The SMILES string of the molecule is CS(=O)(=O)c1ccc([C@H](CC(=O)Nc2cnc(C(CO)CO)cn2)C2CCCC2)cc1Cl. The van der Waals surface area contributed by atoms with E-state index in [1.54, 1.807) is 12.1 Å². The van der Waals surface area contributed by atoms with Crippen molar-refractivity contribution in [2.24, 2.45) is 5.92 Å². The van der Waals surface area contributed by atoms with Crippen LogP contribution in [-0.2, 0) is 14.6 Å². The third-order valence-corrected chi connectivity index (χ3v) is 7.54. The zero-order valence-corrected chi connectivity index (χ0v) is 19.4. The van der Waals surface area contributed by atoms with Gasteiger partial charge >= 0.3 is 0 Å². The molecule has 2 aromatic rings. The van der Waals surface area contributed by atoms with Crippen molar-refractivity contribution in [3.05, 3.63) is 46.9 Å². The number of hydrogen-bond acceptors (Lipinski definition) is 7. The van der Waals surface area contributed by atoms with Gasteiger partial charge in [-0.3, -0.25) is 9.78 Å². The van der Waals surface area contributed by atoms with Crippen molar-refractivity contribution < 1.29 is 23.4 Å². The molecule has 1 fully saturated rings. The average molecular weight is 482 g/mol. The Morgan fingerprint density at radius 3 is 2.41 bits per heavy atom.